The van der Waals surface area contributed by atoms with Gasteiger partial charge in [0.05, 0.1) is 0 Å². The van der Waals surface area contributed by atoms with Crippen LogP contribution in [0, 0.1) is 6.92 Å². The number of nitrogens with zero attached hydrogens (tertiary/aromatic N) is 1. The summed E-state index contributed by atoms with van der Waals surface area (Å²) in [7, 11) is 0. The van der Waals surface area contributed by atoms with Crippen molar-refractivity contribution in [3.05, 3.63) is 29.3 Å². The number of carbonyl (C=O) groups excluding carboxylic acids is 1. The third kappa shape index (κ3) is 2.12. The van der Waals surface area contributed by atoms with E-state index < -0.39 is 0 Å². The number of rotatable bonds is 2. The molecule has 3 nitrogen and oxygen atoms in total. The van der Waals surface area contributed by atoms with Crippen molar-refractivity contribution in [2.24, 2.45) is 0 Å². The second kappa shape index (κ2) is 3.93. The van der Waals surface area contributed by atoms with Crippen LogP contribution in [0.15, 0.2) is 18.2 Å². The molecule has 2 rings (SSSR count). The fourth-order valence-corrected chi connectivity index (χ4v) is 1.88. The molecule has 1 aromatic carbocycles. The Hall–Kier alpha value is -1.51. The van der Waals surface area contributed by atoms with E-state index in [1.54, 1.807) is 11.0 Å². The second-order valence-electron chi connectivity index (χ2n) is 4.05. The van der Waals surface area contributed by atoms with E-state index in [0.29, 0.717) is 13.0 Å². The molecule has 1 aliphatic rings. The molecule has 1 saturated heterocycles. The van der Waals surface area contributed by atoms with Crippen molar-refractivity contribution in [2.75, 3.05) is 6.54 Å². The van der Waals surface area contributed by atoms with Crippen LogP contribution in [0.3, 0.4) is 0 Å². The fraction of sp³-hybridized carbons (Fsp3) is 0.417. The number of likely N-dealkylation sites (tertiary alicyclic amines) is 1. The van der Waals surface area contributed by atoms with Gasteiger partial charge in [-0.3, -0.25) is 4.79 Å². The lowest BCUT2D eigenvalue weighted by Crippen LogP contribution is -2.23. The first-order chi connectivity index (χ1) is 7.16. The van der Waals surface area contributed by atoms with Gasteiger partial charge in [-0.05, 0) is 25.0 Å². The summed E-state index contributed by atoms with van der Waals surface area (Å²) in [5, 5.41) is 9.70. The van der Waals surface area contributed by atoms with Crippen LogP contribution >= 0.6 is 0 Å². The van der Waals surface area contributed by atoms with E-state index in [1.807, 2.05) is 19.1 Å². The SMILES string of the molecule is Cc1ccc(CN2CCCC2=O)c(O)c1. The molecule has 0 aromatic heterocycles. The lowest BCUT2D eigenvalue weighted by molar-refractivity contribution is -0.128. The van der Waals surface area contributed by atoms with Crippen LogP contribution in [-0.4, -0.2) is 22.5 Å². The first kappa shape index (κ1) is 10.0. The standard InChI is InChI=1S/C12H15NO2/c1-9-4-5-10(11(14)7-9)8-13-6-2-3-12(13)15/h4-5,7,14H,2-3,6,8H2,1H3. The minimum atomic E-state index is 0.190. The molecule has 1 aromatic rings. The largest absolute Gasteiger partial charge is 0.508 e. The molecule has 0 unspecified atom stereocenters. The molecule has 0 radical (unpaired) electrons. The van der Waals surface area contributed by atoms with Gasteiger partial charge in [-0.1, -0.05) is 12.1 Å². The zero-order valence-corrected chi connectivity index (χ0v) is 8.86. The minimum absolute atomic E-state index is 0.190. The topological polar surface area (TPSA) is 40.5 Å². The number of benzene rings is 1. The van der Waals surface area contributed by atoms with Crippen molar-refractivity contribution in [2.45, 2.75) is 26.3 Å². The predicted octanol–water partition coefficient (Wildman–Crippen LogP) is 1.82. The van der Waals surface area contributed by atoms with E-state index in [-0.39, 0.29) is 11.7 Å². The summed E-state index contributed by atoms with van der Waals surface area (Å²) in [5.41, 5.74) is 1.86. The zero-order valence-electron chi connectivity index (χ0n) is 8.86. The molecule has 3 heteroatoms. The Balaban J connectivity index is 2.13. The van der Waals surface area contributed by atoms with Gasteiger partial charge >= 0.3 is 0 Å². The van der Waals surface area contributed by atoms with Crippen LogP contribution in [0.4, 0.5) is 0 Å². The van der Waals surface area contributed by atoms with Gasteiger partial charge in [0.25, 0.3) is 0 Å². The highest BCUT2D eigenvalue weighted by Crippen LogP contribution is 2.22. The molecule has 1 amide bonds. The number of phenolic OH excluding ortho intramolecular Hbond substituents is 1. The third-order valence-electron chi connectivity index (χ3n) is 2.77. The monoisotopic (exact) mass is 205 g/mol. The summed E-state index contributed by atoms with van der Waals surface area (Å²) in [6.45, 7) is 3.28. The fourth-order valence-electron chi connectivity index (χ4n) is 1.88. The molecule has 1 aliphatic heterocycles. The van der Waals surface area contributed by atoms with Gasteiger partial charge in [-0.15, -0.1) is 0 Å². The lowest BCUT2D eigenvalue weighted by Gasteiger charge is -2.16. The predicted molar refractivity (Wildman–Crippen MR) is 57.5 cm³/mol. The first-order valence-electron chi connectivity index (χ1n) is 5.23. The summed E-state index contributed by atoms with van der Waals surface area (Å²) in [4.78, 5) is 13.2. The van der Waals surface area contributed by atoms with Crippen LogP contribution in [0.1, 0.15) is 24.0 Å². The zero-order chi connectivity index (χ0) is 10.8. The van der Waals surface area contributed by atoms with Crippen molar-refractivity contribution in [3.8, 4) is 5.75 Å². The Morgan fingerprint density at radius 2 is 2.27 bits per heavy atom. The molecule has 0 aliphatic carbocycles. The molecular formula is C12H15NO2. The van der Waals surface area contributed by atoms with E-state index in [0.717, 1.165) is 24.1 Å². The Bertz CT molecular complexity index is 387. The number of aromatic hydroxyl groups is 1. The maximum absolute atomic E-state index is 11.4. The second-order valence-corrected chi connectivity index (χ2v) is 4.05. The van der Waals surface area contributed by atoms with Gasteiger partial charge in [-0.25, -0.2) is 0 Å². The van der Waals surface area contributed by atoms with Gasteiger partial charge in [0.2, 0.25) is 5.91 Å². The highest BCUT2D eigenvalue weighted by atomic mass is 16.3. The number of aryl methyl sites for hydroxylation is 1. The van der Waals surface area contributed by atoms with Crippen molar-refractivity contribution >= 4 is 5.91 Å². The molecule has 0 saturated carbocycles. The Morgan fingerprint density at radius 3 is 2.87 bits per heavy atom. The van der Waals surface area contributed by atoms with Crippen LogP contribution in [0.25, 0.3) is 0 Å². The third-order valence-corrected chi connectivity index (χ3v) is 2.77. The highest BCUT2D eigenvalue weighted by Gasteiger charge is 2.20. The normalized spacial score (nSPS) is 16.1. The number of carbonyl (C=O) groups is 1. The summed E-state index contributed by atoms with van der Waals surface area (Å²) < 4.78 is 0. The van der Waals surface area contributed by atoms with Gasteiger partial charge in [0, 0.05) is 25.1 Å². The molecule has 1 fully saturated rings. The molecular weight excluding hydrogens is 190 g/mol. The van der Waals surface area contributed by atoms with Gasteiger partial charge < -0.3 is 10.0 Å². The van der Waals surface area contributed by atoms with Crippen LogP contribution in [0.2, 0.25) is 0 Å². The van der Waals surface area contributed by atoms with E-state index in [1.165, 1.54) is 0 Å². The maximum atomic E-state index is 11.4. The molecule has 0 bridgehead atoms. The van der Waals surface area contributed by atoms with Gasteiger partial charge in [0.15, 0.2) is 0 Å². The van der Waals surface area contributed by atoms with Crippen molar-refractivity contribution < 1.29 is 9.90 Å². The summed E-state index contributed by atoms with van der Waals surface area (Å²) in [6, 6.07) is 5.57. The number of hydrogen-bond acceptors (Lipinski definition) is 2. The first-order valence-corrected chi connectivity index (χ1v) is 5.23. The summed E-state index contributed by atoms with van der Waals surface area (Å²) >= 11 is 0. The van der Waals surface area contributed by atoms with E-state index in [2.05, 4.69) is 0 Å². The maximum Gasteiger partial charge on any atom is 0.222 e. The molecule has 0 spiro atoms. The summed E-state index contributed by atoms with van der Waals surface area (Å²) in [5.74, 6) is 0.477. The van der Waals surface area contributed by atoms with Gasteiger partial charge in [0.1, 0.15) is 5.75 Å². The molecule has 15 heavy (non-hydrogen) atoms. The lowest BCUT2D eigenvalue weighted by atomic mass is 10.1. The van der Waals surface area contributed by atoms with Crippen molar-refractivity contribution in [1.82, 2.24) is 4.90 Å². The number of phenols is 1. The Morgan fingerprint density at radius 1 is 1.47 bits per heavy atom. The molecule has 1 N–H and O–H groups in total. The molecule has 1 heterocycles. The van der Waals surface area contributed by atoms with Crippen molar-refractivity contribution in [3.63, 3.8) is 0 Å². The molecule has 0 atom stereocenters. The van der Waals surface area contributed by atoms with E-state index in [4.69, 9.17) is 0 Å². The van der Waals surface area contributed by atoms with Crippen LogP contribution in [-0.2, 0) is 11.3 Å². The molecule has 80 valence electrons. The van der Waals surface area contributed by atoms with Crippen LogP contribution in [0.5, 0.6) is 5.75 Å². The van der Waals surface area contributed by atoms with Crippen LogP contribution < -0.4 is 0 Å². The Labute approximate surface area is 89.3 Å². The highest BCUT2D eigenvalue weighted by molar-refractivity contribution is 5.78. The minimum Gasteiger partial charge on any atom is -0.508 e. The number of amides is 1. The Kier molecular flexibility index (Phi) is 2.62. The summed E-state index contributed by atoms with van der Waals surface area (Å²) in [6.07, 6.45) is 1.58. The quantitative estimate of drug-likeness (QED) is 0.800. The van der Waals surface area contributed by atoms with E-state index in [9.17, 15) is 9.90 Å². The average molecular weight is 205 g/mol. The van der Waals surface area contributed by atoms with E-state index >= 15 is 0 Å². The van der Waals surface area contributed by atoms with Gasteiger partial charge in [-0.2, -0.15) is 0 Å². The average Bonchev–Trinajstić information content (AvgIpc) is 2.57. The smallest absolute Gasteiger partial charge is 0.222 e. The van der Waals surface area contributed by atoms with Crippen molar-refractivity contribution in [1.29, 1.82) is 0 Å². The number of hydrogen-bond donors (Lipinski definition) is 1.